The van der Waals surface area contributed by atoms with Gasteiger partial charge in [-0.25, -0.2) is 8.78 Å². The lowest BCUT2D eigenvalue weighted by Gasteiger charge is -2.20. The maximum absolute atomic E-state index is 15.3. The van der Waals surface area contributed by atoms with Crippen LogP contribution in [-0.2, 0) is 11.3 Å². The Morgan fingerprint density at radius 1 is 1.02 bits per heavy atom. The fourth-order valence-electron chi connectivity index (χ4n) is 5.12. The van der Waals surface area contributed by atoms with Crippen LogP contribution >= 0.6 is 0 Å². The highest BCUT2D eigenvalue weighted by atomic mass is 19.4. The first-order valence-electron chi connectivity index (χ1n) is 13.1. The Morgan fingerprint density at radius 3 is 2.24 bits per heavy atom. The molecular weight excluding hydrogens is 565 g/mol. The summed E-state index contributed by atoms with van der Waals surface area (Å²) in [6, 6.07) is 5.98. The number of pyridine rings is 1. The van der Waals surface area contributed by atoms with Gasteiger partial charge in [0.1, 0.15) is 34.9 Å². The number of aromatic nitrogens is 1. The van der Waals surface area contributed by atoms with Gasteiger partial charge in [0.2, 0.25) is 5.91 Å². The summed E-state index contributed by atoms with van der Waals surface area (Å²) in [7, 11) is 1.23. The number of carbonyl (C=O) groups is 2. The minimum atomic E-state index is -4.93. The zero-order chi connectivity index (χ0) is 30.3. The van der Waals surface area contributed by atoms with Gasteiger partial charge in [-0.2, -0.15) is 0 Å². The normalized spacial score (nSPS) is 18.7. The zero-order valence-electron chi connectivity index (χ0n) is 22.5. The lowest BCUT2D eigenvalue weighted by Crippen LogP contribution is -2.45. The molecule has 0 bridgehead atoms. The van der Waals surface area contributed by atoms with Gasteiger partial charge in [-0.3, -0.25) is 14.4 Å². The number of hydrogen-bond donors (Lipinski definition) is 1. The van der Waals surface area contributed by atoms with Gasteiger partial charge < -0.3 is 24.3 Å². The summed E-state index contributed by atoms with van der Waals surface area (Å²) in [5, 5.41) is 2.47. The number of halogens is 5. The minimum absolute atomic E-state index is 0.0351. The fraction of sp³-hybridized carbons (Fsp3) is 0.345. The molecule has 0 radical (unpaired) electrons. The minimum Gasteiger partial charge on any atom is -0.497 e. The van der Waals surface area contributed by atoms with Crippen LogP contribution in [0.25, 0.3) is 0 Å². The van der Waals surface area contributed by atoms with E-state index in [0.717, 1.165) is 54.1 Å². The van der Waals surface area contributed by atoms with E-state index in [1.807, 2.05) is 0 Å². The average molecular weight is 592 g/mol. The Bertz CT molecular complexity index is 1560. The number of ether oxygens (including phenoxy) is 2. The summed E-state index contributed by atoms with van der Waals surface area (Å²) in [5.74, 6) is -5.28. The van der Waals surface area contributed by atoms with Crippen LogP contribution in [0.3, 0.4) is 0 Å². The van der Waals surface area contributed by atoms with Crippen LogP contribution in [0.5, 0.6) is 11.5 Å². The van der Waals surface area contributed by atoms with Crippen molar-refractivity contribution in [1.82, 2.24) is 9.88 Å². The number of benzene rings is 2. The van der Waals surface area contributed by atoms with Gasteiger partial charge in [-0.05, 0) is 61.6 Å². The van der Waals surface area contributed by atoms with Gasteiger partial charge in [0.15, 0.2) is 0 Å². The van der Waals surface area contributed by atoms with Crippen LogP contribution in [-0.4, -0.2) is 42.4 Å². The molecule has 222 valence electrons. The lowest BCUT2D eigenvalue weighted by molar-refractivity contribution is -0.274. The maximum Gasteiger partial charge on any atom is 0.573 e. The van der Waals surface area contributed by atoms with Gasteiger partial charge in [-0.15, -0.1) is 13.2 Å². The van der Waals surface area contributed by atoms with Gasteiger partial charge in [0.05, 0.1) is 7.11 Å². The van der Waals surface area contributed by atoms with Crippen molar-refractivity contribution in [2.75, 3.05) is 18.6 Å². The van der Waals surface area contributed by atoms with E-state index in [0.29, 0.717) is 18.0 Å². The van der Waals surface area contributed by atoms with E-state index in [4.69, 9.17) is 4.74 Å². The Morgan fingerprint density at radius 2 is 1.67 bits per heavy atom. The second kappa shape index (κ2) is 11.1. The molecule has 1 aliphatic heterocycles. The predicted octanol–water partition coefficient (Wildman–Crippen LogP) is 4.68. The van der Waals surface area contributed by atoms with Crippen molar-refractivity contribution < 1.29 is 41.0 Å². The Hall–Kier alpha value is -4.42. The number of rotatable bonds is 8. The number of alkyl halides is 3. The number of hydrogen-bond acceptors (Lipinski definition) is 5. The molecule has 2 atom stereocenters. The monoisotopic (exact) mass is 591 g/mol. The van der Waals surface area contributed by atoms with E-state index in [2.05, 4.69) is 10.1 Å². The van der Waals surface area contributed by atoms with Gasteiger partial charge in [0, 0.05) is 48.5 Å². The highest BCUT2D eigenvalue weighted by molar-refractivity contribution is 6.05. The van der Waals surface area contributed by atoms with Crippen molar-refractivity contribution in [2.24, 2.45) is 5.92 Å². The Labute approximate surface area is 236 Å². The first-order chi connectivity index (χ1) is 19.9. The second-order valence-electron chi connectivity index (χ2n) is 10.3. The number of carbonyl (C=O) groups excluding carboxylic acids is 2. The van der Waals surface area contributed by atoms with Crippen molar-refractivity contribution in [1.29, 1.82) is 0 Å². The van der Waals surface area contributed by atoms with Gasteiger partial charge in [0.25, 0.3) is 11.5 Å². The van der Waals surface area contributed by atoms with Gasteiger partial charge >= 0.3 is 6.36 Å². The number of amides is 2. The number of nitrogens with one attached hydrogen (secondary N) is 1. The average Bonchev–Trinajstić information content (AvgIpc) is 3.69. The molecule has 2 heterocycles. The smallest absolute Gasteiger partial charge is 0.497 e. The molecule has 2 aliphatic rings. The molecule has 2 fully saturated rings. The molecule has 2 amide bonds. The van der Waals surface area contributed by atoms with E-state index in [1.54, 1.807) is 19.2 Å². The van der Waals surface area contributed by atoms with E-state index < -0.39 is 58.6 Å². The standard InChI is InChI=1S/C29H26F5N3O5/c1-15-9-10-36(13-16-3-4-16)28(40)25(15)37-14-20(23-21(30)11-19(41-2)12-22(23)31)24(27(37)39)35-26(38)17-5-7-18(8-6-17)42-29(32,33)34/h5-12,16,20,24H,3-4,13-14H2,1-2H3,(H,35,38)/t20-,24-/m0/s1. The third-order valence-corrected chi connectivity index (χ3v) is 7.37. The van der Waals surface area contributed by atoms with Crippen molar-refractivity contribution in [3.63, 3.8) is 0 Å². The van der Waals surface area contributed by atoms with E-state index in [9.17, 15) is 27.6 Å². The van der Waals surface area contributed by atoms with Crippen molar-refractivity contribution in [2.45, 2.75) is 44.6 Å². The number of anilines is 1. The van der Waals surface area contributed by atoms with Crippen LogP contribution in [0.1, 0.15) is 40.2 Å². The highest BCUT2D eigenvalue weighted by Crippen LogP contribution is 2.37. The Kier molecular flexibility index (Phi) is 7.69. The molecule has 1 saturated carbocycles. The van der Waals surface area contributed by atoms with Crippen LogP contribution in [0, 0.1) is 24.5 Å². The fourth-order valence-corrected chi connectivity index (χ4v) is 5.12. The summed E-state index contributed by atoms with van der Waals surface area (Å²) in [6.07, 6.45) is -1.34. The van der Waals surface area contributed by atoms with Crippen molar-refractivity contribution in [3.8, 4) is 11.5 Å². The number of nitrogens with zero attached hydrogens (tertiary/aromatic N) is 2. The molecule has 5 rings (SSSR count). The van der Waals surface area contributed by atoms with Crippen LogP contribution in [0.2, 0.25) is 0 Å². The molecule has 13 heteroatoms. The molecule has 3 aromatic rings. The molecule has 8 nitrogen and oxygen atoms in total. The van der Waals surface area contributed by atoms with E-state index >= 15 is 8.78 Å². The number of methoxy groups -OCH3 is 1. The van der Waals surface area contributed by atoms with Crippen LogP contribution in [0.15, 0.2) is 53.5 Å². The number of aryl methyl sites for hydroxylation is 1. The quantitative estimate of drug-likeness (QED) is 0.385. The third kappa shape index (κ3) is 5.95. The largest absolute Gasteiger partial charge is 0.573 e. The van der Waals surface area contributed by atoms with Crippen LogP contribution < -0.4 is 25.2 Å². The molecule has 0 spiro atoms. The Balaban J connectivity index is 1.51. The predicted molar refractivity (Wildman–Crippen MR) is 141 cm³/mol. The molecule has 2 aromatic carbocycles. The first kappa shape index (κ1) is 29.1. The van der Waals surface area contributed by atoms with E-state index in [1.165, 1.54) is 11.7 Å². The molecule has 1 aliphatic carbocycles. The molecule has 1 aromatic heterocycles. The highest BCUT2D eigenvalue weighted by Gasteiger charge is 2.46. The molecule has 1 saturated heterocycles. The summed E-state index contributed by atoms with van der Waals surface area (Å²) in [4.78, 5) is 41.5. The molecule has 42 heavy (non-hydrogen) atoms. The molecular formula is C29H26F5N3O5. The molecule has 0 unspecified atom stereocenters. The summed E-state index contributed by atoms with van der Waals surface area (Å²) < 4.78 is 78.3. The van der Waals surface area contributed by atoms with Gasteiger partial charge in [-0.1, -0.05) is 0 Å². The van der Waals surface area contributed by atoms with Crippen molar-refractivity contribution in [3.05, 3.63) is 87.3 Å². The summed E-state index contributed by atoms with van der Waals surface area (Å²) >= 11 is 0. The van der Waals surface area contributed by atoms with Crippen molar-refractivity contribution >= 4 is 17.5 Å². The molecule has 1 N–H and O–H groups in total. The SMILES string of the molecule is COc1cc(F)c([C@@H]2CN(c3c(C)ccn(CC4CC4)c3=O)C(=O)[C@H]2NC(=O)c2ccc(OC(F)(F)F)cc2)c(F)c1. The zero-order valence-corrected chi connectivity index (χ0v) is 22.5. The second-order valence-corrected chi connectivity index (χ2v) is 10.3. The topological polar surface area (TPSA) is 89.9 Å². The first-order valence-corrected chi connectivity index (χ1v) is 13.1. The summed E-state index contributed by atoms with van der Waals surface area (Å²) in [6.45, 7) is 1.77. The van der Waals surface area contributed by atoms with Crippen LogP contribution in [0.4, 0.5) is 27.6 Å². The third-order valence-electron chi connectivity index (χ3n) is 7.37. The maximum atomic E-state index is 15.3. The lowest BCUT2D eigenvalue weighted by atomic mass is 9.92. The summed E-state index contributed by atoms with van der Waals surface area (Å²) in [5.41, 5.74) is -0.572. The van der Waals surface area contributed by atoms with E-state index in [-0.39, 0.29) is 23.5 Å².